The highest BCUT2D eigenvalue weighted by Crippen LogP contribution is 2.31. The quantitative estimate of drug-likeness (QED) is 0.486. The van der Waals surface area contributed by atoms with Crippen molar-refractivity contribution in [3.63, 3.8) is 0 Å². The average molecular weight is 376 g/mol. The number of aromatic nitrogens is 1. The van der Waals surface area contributed by atoms with Gasteiger partial charge in [0.2, 0.25) is 11.8 Å². The molecular weight excluding hydrogens is 356 g/mol. The van der Waals surface area contributed by atoms with Gasteiger partial charge in [-0.25, -0.2) is 4.98 Å². The number of ether oxygens (including phenoxy) is 1. The van der Waals surface area contributed by atoms with Crippen LogP contribution in [0, 0.1) is 0 Å². The van der Waals surface area contributed by atoms with Crippen LogP contribution in [0.5, 0.6) is 5.75 Å². The maximum absolute atomic E-state index is 12.3. The number of rotatable bonds is 6. The number of oxazole rings is 1. The highest BCUT2D eigenvalue weighted by Gasteiger charge is 2.15. The molecule has 142 valence electrons. The van der Waals surface area contributed by atoms with Gasteiger partial charge in [0.05, 0.1) is 12.6 Å². The van der Waals surface area contributed by atoms with E-state index < -0.39 is 0 Å². The summed E-state index contributed by atoms with van der Waals surface area (Å²) >= 11 is 0. The topological polar surface area (TPSA) is 77.5 Å². The molecule has 4 rings (SSSR count). The molecule has 0 spiro atoms. The van der Waals surface area contributed by atoms with Crippen LogP contribution in [-0.4, -0.2) is 17.5 Å². The van der Waals surface area contributed by atoms with E-state index in [1.807, 2.05) is 62.4 Å². The van der Waals surface area contributed by atoms with Crippen LogP contribution in [0.4, 0.5) is 0 Å². The van der Waals surface area contributed by atoms with E-state index in [9.17, 15) is 4.79 Å². The summed E-state index contributed by atoms with van der Waals surface area (Å²) < 4.78 is 17.1. The third kappa shape index (κ3) is 3.62. The van der Waals surface area contributed by atoms with Gasteiger partial charge in [-0.15, -0.1) is 0 Å². The van der Waals surface area contributed by atoms with Crippen molar-refractivity contribution < 1.29 is 18.4 Å². The third-order valence-corrected chi connectivity index (χ3v) is 4.30. The van der Waals surface area contributed by atoms with Crippen molar-refractivity contribution in [1.29, 1.82) is 0 Å². The number of fused-ring (bicyclic) bond motifs is 2. The van der Waals surface area contributed by atoms with Crippen LogP contribution >= 0.6 is 0 Å². The van der Waals surface area contributed by atoms with Gasteiger partial charge in [0, 0.05) is 17.5 Å². The zero-order valence-electron chi connectivity index (χ0n) is 15.6. The Bertz CT molecular complexity index is 1120. The van der Waals surface area contributed by atoms with Crippen LogP contribution in [-0.2, 0) is 4.79 Å². The van der Waals surface area contributed by atoms with E-state index in [1.165, 1.54) is 6.08 Å². The predicted molar refractivity (Wildman–Crippen MR) is 107 cm³/mol. The van der Waals surface area contributed by atoms with Crippen molar-refractivity contribution in [1.82, 2.24) is 10.3 Å². The lowest BCUT2D eigenvalue weighted by atomic mass is 10.2. The molecule has 2 aromatic heterocycles. The SMILES string of the molecule is CCOc1cccc2cc(C(C)NC(=O)/C=C/c3nc4ccccc4o3)oc12. The summed E-state index contributed by atoms with van der Waals surface area (Å²) in [5.41, 5.74) is 2.12. The van der Waals surface area contributed by atoms with E-state index >= 15 is 0 Å². The molecule has 6 nitrogen and oxygen atoms in total. The van der Waals surface area contributed by atoms with E-state index in [2.05, 4.69) is 10.3 Å². The van der Waals surface area contributed by atoms with Crippen molar-refractivity contribution in [2.75, 3.05) is 6.61 Å². The number of amides is 1. The van der Waals surface area contributed by atoms with Crippen LogP contribution in [0.15, 0.2) is 63.4 Å². The van der Waals surface area contributed by atoms with Crippen LogP contribution in [0.1, 0.15) is 31.5 Å². The van der Waals surface area contributed by atoms with Crippen LogP contribution in [0.2, 0.25) is 0 Å². The maximum Gasteiger partial charge on any atom is 0.244 e. The van der Waals surface area contributed by atoms with E-state index in [1.54, 1.807) is 6.08 Å². The zero-order valence-corrected chi connectivity index (χ0v) is 15.6. The van der Waals surface area contributed by atoms with Gasteiger partial charge in [0.15, 0.2) is 16.9 Å². The van der Waals surface area contributed by atoms with Gasteiger partial charge in [0.1, 0.15) is 11.3 Å². The highest BCUT2D eigenvalue weighted by molar-refractivity contribution is 5.92. The molecule has 1 atom stereocenters. The molecule has 2 heterocycles. The molecule has 0 saturated heterocycles. The fourth-order valence-electron chi connectivity index (χ4n) is 2.98. The Morgan fingerprint density at radius 2 is 2.07 bits per heavy atom. The van der Waals surface area contributed by atoms with Crippen LogP contribution in [0.25, 0.3) is 28.1 Å². The lowest BCUT2D eigenvalue weighted by molar-refractivity contribution is -0.117. The van der Waals surface area contributed by atoms with Gasteiger partial charge in [-0.2, -0.15) is 0 Å². The first-order chi connectivity index (χ1) is 13.6. The molecule has 0 fully saturated rings. The minimum Gasteiger partial charge on any atom is -0.490 e. The molecule has 0 aliphatic rings. The fourth-order valence-corrected chi connectivity index (χ4v) is 2.98. The number of carbonyl (C=O) groups excluding carboxylic acids is 1. The van der Waals surface area contributed by atoms with Crippen molar-refractivity contribution in [2.24, 2.45) is 0 Å². The van der Waals surface area contributed by atoms with E-state index in [-0.39, 0.29) is 11.9 Å². The second-order valence-corrected chi connectivity index (χ2v) is 6.34. The fraction of sp³-hybridized carbons (Fsp3) is 0.182. The summed E-state index contributed by atoms with van der Waals surface area (Å²) in [6.45, 7) is 4.35. The molecule has 2 aromatic carbocycles. The number of nitrogens with zero attached hydrogens (tertiary/aromatic N) is 1. The molecule has 1 amide bonds. The van der Waals surface area contributed by atoms with E-state index in [0.29, 0.717) is 35.2 Å². The second-order valence-electron chi connectivity index (χ2n) is 6.34. The first kappa shape index (κ1) is 17.9. The lowest BCUT2D eigenvalue weighted by Crippen LogP contribution is -2.24. The Morgan fingerprint density at radius 1 is 1.21 bits per heavy atom. The molecule has 0 aliphatic heterocycles. The van der Waals surface area contributed by atoms with Crippen molar-refractivity contribution in [2.45, 2.75) is 19.9 Å². The average Bonchev–Trinajstić information content (AvgIpc) is 3.31. The largest absolute Gasteiger partial charge is 0.490 e. The van der Waals surface area contributed by atoms with Crippen molar-refractivity contribution in [3.8, 4) is 5.75 Å². The molecule has 1 N–H and O–H groups in total. The normalized spacial score (nSPS) is 12.6. The second kappa shape index (κ2) is 7.60. The number of para-hydroxylation sites is 3. The standard InChI is InChI=1S/C22H20N2O4/c1-3-26-18-10-6-7-15-13-19(28-22(15)18)14(2)23-20(25)11-12-21-24-16-8-4-5-9-17(16)27-21/h4-14H,3H2,1-2H3,(H,23,25)/b12-11+. The van der Waals surface area contributed by atoms with Gasteiger partial charge in [-0.3, -0.25) is 4.79 Å². The van der Waals surface area contributed by atoms with Crippen LogP contribution < -0.4 is 10.1 Å². The van der Waals surface area contributed by atoms with Gasteiger partial charge in [0.25, 0.3) is 0 Å². The van der Waals surface area contributed by atoms with Crippen molar-refractivity contribution in [3.05, 3.63) is 66.3 Å². The van der Waals surface area contributed by atoms with Crippen LogP contribution in [0.3, 0.4) is 0 Å². The minimum atomic E-state index is -0.303. The first-order valence-corrected chi connectivity index (χ1v) is 9.13. The summed E-state index contributed by atoms with van der Waals surface area (Å²) in [4.78, 5) is 16.6. The number of hydrogen-bond acceptors (Lipinski definition) is 5. The summed E-state index contributed by atoms with van der Waals surface area (Å²) in [6, 6.07) is 14.8. The smallest absolute Gasteiger partial charge is 0.244 e. The first-order valence-electron chi connectivity index (χ1n) is 9.13. The molecular formula is C22H20N2O4. The Kier molecular flexibility index (Phi) is 4.85. The minimum absolute atomic E-state index is 0.264. The third-order valence-electron chi connectivity index (χ3n) is 4.30. The van der Waals surface area contributed by atoms with E-state index in [4.69, 9.17) is 13.6 Å². The molecule has 0 bridgehead atoms. The monoisotopic (exact) mass is 376 g/mol. The van der Waals surface area contributed by atoms with Gasteiger partial charge >= 0.3 is 0 Å². The van der Waals surface area contributed by atoms with Crippen molar-refractivity contribution >= 4 is 34.1 Å². The zero-order chi connectivity index (χ0) is 19.5. The molecule has 4 aromatic rings. The van der Waals surface area contributed by atoms with Gasteiger partial charge < -0.3 is 18.9 Å². The Hall–Kier alpha value is -3.54. The van der Waals surface area contributed by atoms with Gasteiger partial charge in [-0.05, 0) is 38.1 Å². The number of hydrogen-bond donors (Lipinski definition) is 1. The predicted octanol–water partition coefficient (Wildman–Crippen LogP) is 4.86. The summed E-state index contributed by atoms with van der Waals surface area (Å²) in [7, 11) is 0. The maximum atomic E-state index is 12.3. The summed E-state index contributed by atoms with van der Waals surface area (Å²) in [5.74, 6) is 1.47. The Morgan fingerprint density at radius 3 is 2.89 bits per heavy atom. The number of furan rings is 1. The Labute approximate surface area is 161 Å². The van der Waals surface area contributed by atoms with E-state index in [0.717, 1.165) is 10.9 Å². The Balaban J connectivity index is 1.46. The molecule has 1 unspecified atom stereocenters. The highest BCUT2D eigenvalue weighted by atomic mass is 16.5. The molecule has 0 radical (unpaired) electrons. The van der Waals surface area contributed by atoms with Gasteiger partial charge in [-0.1, -0.05) is 24.3 Å². The number of carbonyl (C=O) groups is 1. The lowest BCUT2D eigenvalue weighted by Gasteiger charge is -2.09. The number of benzene rings is 2. The number of nitrogens with one attached hydrogen (secondary N) is 1. The summed E-state index contributed by atoms with van der Waals surface area (Å²) in [6.07, 6.45) is 2.95. The summed E-state index contributed by atoms with van der Waals surface area (Å²) in [5, 5.41) is 3.82. The molecule has 0 saturated carbocycles. The molecule has 0 aliphatic carbocycles. The molecule has 28 heavy (non-hydrogen) atoms. The molecule has 6 heteroatoms.